The number of amides is 2. The quantitative estimate of drug-likeness (QED) is 0.762. The molecule has 0 aliphatic heterocycles. The van der Waals surface area contributed by atoms with E-state index in [1.54, 1.807) is 50.4 Å². The van der Waals surface area contributed by atoms with E-state index in [1.807, 2.05) is 12.1 Å². The number of thioether (sulfide) groups is 1. The molecule has 0 heterocycles. The zero-order valence-corrected chi connectivity index (χ0v) is 15.5. The lowest BCUT2D eigenvalue weighted by molar-refractivity contribution is -0.115. The largest absolute Gasteiger partial charge is 0.495 e. The van der Waals surface area contributed by atoms with Crippen LogP contribution in [-0.2, 0) is 9.59 Å². The fourth-order valence-electron chi connectivity index (χ4n) is 1.99. The maximum absolute atomic E-state index is 12.2. The summed E-state index contributed by atoms with van der Waals surface area (Å²) in [6.07, 6.45) is 0. The molecule has 0 bridgehead atoms. The summed E-state index contributed by atoms with van der Waals surface area (Å²) in [6.45, 7) is 1.76. The first-order valence-electron chi connectivity index (χ1n) is 7.60. The van der Waals surface area contributed by atoms with Crippen LogP contribution in [0.1, 0.15) is 6.92 Å². The zero-order valence-electron chi connectivity index (χ0n) is 13.9. The zero-order chi connectivity index (χ0) is 18.2. The third-order valence-electron chi connectivity index (χ3n) is 3.33. The van der Waals surface area contributed by atoms with Gasteiger partial charge in [0.15, 0.2) is 0 Å². The molecule has 25 heavy (non-hydrogen) atoms. The number of benzene rings is 2. The predicted molar refractivity (Wildman–Crippen MR) is 104 cm³/mol. The number of para-hydroxylation sites is 2. The van der Waals surface area contributed by atoms with Crippen molar-refractivity contribution in [3.05, 3.63) is 53.6 Å². The average Bonchev–Trinajstić information content (AvgIpc) is 2.62. The van der Waals surface area contributed by atoms with Crippen LogP contribution in [0.3, 0.4) is 0 Å². The summed E-state index contributed by atoms with van der Waals surface area (Å²) >= 11 is 7.07. The van der Waals surface area contributed by atoms with Crippen molar-refractivity contribution in [3.63, 3.8) is 0 Å². The fraction of sp³-hybridized carbons (Fsp3) is 0.222. The number of methoxy groups -OCH3 is 1. The smallest absolute Gasteiger partial charge is 0.237 e. The number of rotatable bonds is 7. The first kappa shape index (κ1) is 19.1. The summed E-state index contributed by atoms with van der Waals surface area (Å²) < 4.78 is 5.19. The van der Waals surface area contributed by atoms with Crippen molar-refractivity contribution in [2.24, 2.45) is 0 Å². The van der Waals surface area contributed by atoms with E-state index in [9.17, 15) is 9.59 Å². The number of carbonyl (C=O) groups is 2. The molecule has 0 radical (unpaired) electrons. The van der Waals surface area contributed by atoms with E-state index >= 15 is 0 Å². The molecule has 0 aromatic heterocycles. The number of hydrogen-bond donors (Lipinski definition) is 2. The van der Waals surface area contributed by atoms with Gasteiger partial charge in [0.25, 0.3) is 0 Å². The third-order valence-corrected chi connectivity index (χ3v) is 4.72. The third kappa shape index (κ3) is 5.99. The molecule has 0 unspecified atom stereocenters. The highest BCUT2D eigenvalue weighted by Gasteiger charge is 2.16. The highest BCUT2D eigenvalue weighted by atomic mass is 35.5. The Morgan fingerprint density at radius 2 is 1.80 bits per heavy atom. The number of hydrogen-bond acceptors (Lipinski definition) is 4. The van der Waals surface area contributed by atoms with Crippen LogP contribution in [0.2, 0.25) is 5.02 Å². The van der Waals surface area contributed by atoms with Gasteiger partial charge in [0, 0.05) is 10.7 Å². The molecule has 0 aliphatic rings. The highest BCUT2D eigenvalue weighted by molar-refractivity contribution is 8.01. The Hall–Kier alpha value is -2.18. The van der Waals surface area contributed by atoms with E-state index in [-0.39, 0.29) is 22.8 Å². The molecule has 2 amide bonds. The molecule has 0 spiro atoms. The molecular weight excluding hydrogens is 360 g/mol. The maximum atomic E-state index is 12.2. The minimum Gasteiger partial charge on any atom is -0.495 e. The van der Waals surface area contributed by atoms with Crippen LogP contribution in [-0.4, -0.2) is 29.9 Å². The van der Waals surface area contributed by atoms with Gasteiger partial charge in [0.05, 0.1) is 23.8 Å². The molecule has 0 fully saturated rings. The number of carbonyl (C=O) groups excluding carboxylic acids is 2. The lowest BCUT2D eigenvalue weighted by atomic mass is 10.3. The molecule has 2 aromatic rings. The van der Waals surface area contributed by atoms with Gasteiger partial charge in [0.2, 0.25) is 11.8 Å². The van der Waals surface area contributed by atoms with Crippen molar-refractivity contribution in [1.29, 1.82) is 0 Å². The molecule has 7 heteroatoms. The molecule has 132 valence electrons. The Balaban J connectivity index is 1.82. The first-order valence-corrected chi connectivity index (χ1v) is 9.03. The van der Waals surface area contributed by atoms with Crippen LogP contribution in [0.25, 0.3) is 0 Å². The summed E-state index contributed by atoms with van der Waals surface area (Å²) in [5, 5.41) is 5.80. The first-order chi connectivity index (χ1) is 12.0. The van der Waals surface area contributed by atoms with Gasteiger partial charge >= 0.3 is 0 Å². The fourth-order valence-corrected chi connectivity index (χ4v) is 2.80. The summed E-state index contributed by atoms with van der Waals surface area (Å²) in [5.74, 6) is 0.389. The van der Waals surface area contributed by atoms with E-state index < -0.39 is 0 Å². The summed E-state index contributed by atoms with van der Waals surface area (Å²) in [5.41, 5.74) is 1.27. The average molecular weight is 379 g/mol. The van der Waals surface area contributed by atoms with Crippen LogP contribution in [0.5, 0.6) is 5.75 Å². The van der Waals surface area contributed by atoms with Crippen LogP contribution in [0.15, 0.2) is 48.5 Å². The molecule has 1 atom stereocenters. The van der Waals surface area contributed by atoms with Crippen LogP contribution in [0, 0.1) is 0 Å². The maximum Gasteiger partial charge on any atom is 0.237 e. The molecule has 2 aromatic carbocycles. The number of ether oxygens (including phenoxy) is 1. The lowest BCUT2D eigenvalue weighted by Crippen LogP contribution is -2.25. The van der Waals surface area contributed by atoms with E-state index in [0.29, 0.717) is 22.1 Å². The second-order valence-corrected chi connectivity index (χ2v) is 6.96. The normalized spacial score (nSPS) is 11.5. The van der Waals surface area contributed by atoms with Gasteiger partial charge in [-0.25, -0.2) is 0 Å². The Bertz CT molecular complexity index is 737. The Morgan fingerprint density at radius 3 is 2.48 bits per heavy atom. The molecule has 0 saturated carbocycles. The van der Waals surface area contributed by atoms with Crippen LogP contribution in [0.4, 0.5) is 11.4 Å². The minimum atomic E-state index is -0.376. The Morgan fingerprint density at radius 1 is 1.12 bits per heavy atom. The van der Waals surface area contributed by atoms with Gasteiger partial charge in [-0.3, -0.25) is 9.59 Å². The number of anilines is 2. The highest BCUT2D eigenvalue weighted by Crippen LogP contribution is 2.23. The van der Waals surface area contributed by atoms with E-state index in [1.165, 1.54) is 11.8 Å². The SMILES string of the molecule is COc1ccccc1NC(=O)CS[C@H](C)C(=O)Nc1ccc(Cl)cc1. The van der Waals surface area contributed by atoms with Crippen molar-refractivity contribution in [2.75, 3.05) is 23.5 Å². The topological polar surface area (TPSA) is 67.4 Å². The van der Waals surface area contributed by atoms with E-state index in [2.05, 4.69) is 10.6 Å². The Labute approximate surface area is 156 Å². The van der Waals surface area contributed by atoms with Gasteiger partial charge < -0.3 is 15.4 Å². The van der Waals surface area contributed by atoms with Crippen molar-refractivity contribution < 1.29 is 14.3 Å². The van der Waals surface area contributed by atoms with Crippen LogP contribution < -0.4 is 15.4 Å². The lowest BCUT2D eigenvalue weighted by Gasteiger charge is -2.13. The predicted octanol–water partition coefficient (Wildman–Crippen LogP) is 4.05. The summed E-state index contributed by atoms with van der Waals surface area (Å²) in [4.78, 5) is 24.2. The molecular formula is C18H19ClN2O3S. The van der Waals surface area contributed by atoms with Crippen molar-refractivity contribution in [3.8, 4) is 5.75 Å². The summed E-state index contributed by atoms with van der Waals surface area (Å²) in [6, 6.07) is 14.0. The summed E-state index contributed by atoms with van der Waals surface area (Å²) in [7, 11) is 1.54. The Kier molecular flexibility index (Phi) is 7.16. The number of halogens is 1. The minimum absolute atomic E-state index is 0.160. The molecule has 2 N–H and O–H groups in total. The monoisotopic (exact) mass is 378 g/mol. The van der Waals surface area contributed by atoms with Crippen molar-refractivity contribution >= 4 is 46.6 Å². The molecule has 0 saturated heterocycles. The van der Waals surface area contributed by atoms with Gasteiger partial charge in [-0.1, -0.05) is 23.7 Å². The second-order valence-electron chi connectivity index (χ2n) is 5.20. The molecule has 5 nitrogen and oxygen atoms in total. The van der Waals surface area contributed by atoms with Crippen molar-refractivity contribution in [2.45, 2.75) is 12.2 Å². The molecule has 2 rings (SSSR count). The van der Waals surface area contributed by atoms with Crippen LogP contribution >= 0.6 is 23.4 Å². The number of nitrogens with one attached hydrogen (secondary N) is 2. The van der Waals surface area contributed by atoms with E-state index in [4.69, 9.17) is 16.3 Å². The molecule has 0 aliphatic carbocycles. The standard InChI is InChI=1S/C18H19ClN2O3S/c1-12(18(23)20-14-9-7-13(19)8-10-14)25-11-17(22)21-15-5-3-4-6-16(15)24-2/h3-10,12H,11H2,1-2H3,(H,20,23)(H,21,22)/t12-/m1/s1. The second kappa shape index (κ2) is 9.34. The van der Waals surface area contributed by atoms with Gasteiger partial charge in [-0.2, -0.15) is 0 Å². The van der Waals surface area contributed by atoms with Gasteiger partial charge in [-0.05, 0) is 43.3 Å². The van der Waals surface area contributed by atoms with E-state index in [0.717, 1.165) is 0 Å². The van der Waals surface area contributed by atoms with Gasteiger partial charge in [-0.15, -0.1) is 11.8 Å². The van der Waals surface area contributed by atoms with Gasteiger partial charge in [0.1, 0.15) is 5.75 Å². The van der Waals surface area contributed by atoms with Crippen molar-refractivity contribution in [1.82, 2.24) is 0 Å².